The lowest BCUT2D eigenvalue weighted by atomic mass is 10.1. The Labute approximate surface area is 160 Å². The fourth-order valence-electron chi connectivity index (χ4n) is 2.07. The highest BCUT2D eigenvalue weighted by molar-refractivity contribution is 5.41. The molecule has 142 valence electrons. The van der Waals surface area contributed by atoms with Gasteiger partial charge in [-0.25, -0.2) is 0 Å². The predicted molar refractivity (Wildman–Crippen MR) is 123 cm³/mol. The van der Waals surface area contributed by atoms with Crippen LogP contribution in [-0.2, 0) is 0 Å². The number of hydrogen-bond donors (Lipinski definition) is 0. The van der Waals surface area contributed by atoms with E-state index in [2.05, 4.69) is 74.4 Å². The Balaban J connectivity index is -0.0000000440. The second-order valence-corrected chi connectivity index (χ2v) is 6.01. The fourth-order valence-corrected chi connectivity index (χ4v) is 2.07. The largest absolute Gasteiger partial charge is 0.250 e. The van der Waals surface area contributed by atoms with Gasteiger partial charge in [0.2, 0.25) is 0 Å². The predicted octanol–water partition coefficient (Wildman–Crippen LogP) is 6.51. The third kappa shape index (κ3) is 16.0. The molecule has 0 amide bonds. The molecule has 23 heavy (non-hydrogen) atoms. The maximum Gasteiger partial charge on any atom is 0.151 e. The SMILES string of the molecule is C#CC#CC#CC#CC#C[N+](C)(C)CCCCCCCCCC.[HH].[HH].[HH].[HH].[HH].[HH].[HH].[HH].[HH].[HH].[HH]. The van der Waals surface area contributed by atoms with Crippen LogP contribution in [0.1, 0.15) is 74.0 Å². The summed E-state index contributed by atoms with van der Waals surface area (Å²) in [6.45, 7) is 3.31. The number of unbranched alkanes of at least 4 members (excludes halogenated alkanes) is 7. The van der Waals surface area contributed by atoms with E-state index in [0.29, 0.717) is 4.48 Å². The zero-order chi connectivity index (χ0) is 17.2. The highest BCUT2D eigenvalue weighted by Crippen LogP contribution is 2.09. The lowest BCUT2D eigenvalue weighted by Gasteiger charge is -2.20. The second-order valence-electron chi connectivity index (χ2n) is 6.01. The van der Waals surface area contributed by atoms with Crippen molar-refractivity contribution < 1.29 is 20.2 Å². The zero-order valence-corrected chi connectivity index (χ0v) is 14.9. The molecule has 0 saturated carbocycles. The van der Waals surface area contributed by atoms with Crippen LogP contribution in [0.5, 0.6) is 0 Å². The molecule has 0 rings (SSSR count). The van der Waals surface area contributed by atoms with Crippen molar-refractivity contribution in [2.45, 2.75) is 58.3 Å². The summed E-state index contributed by atoms with van der Waals surface area (Å²) in [4.78, 5) is 0. The van der Waals surface area contributed by atoms with Gasteiger partial charge < -0.3 is 0 Å². The molecule has 0 spiro atoms. The van der Waals surface area contributed by atoms with Crippen LogP contribution in [0.25, 0.3) is 0 Å². The Hall–Kier alpha value is -2.24. The molecule has 0 heterocycles. The molecular formula is C22H50N+. The average molecular weight is 329 g/mol. The average Bonchev–Trinajstić information content (AvgIpc) is 2.52. The Morgan fingerprint density at radius 2 is 1.17 bits per heavy atom. The van der Waals surface area contributed by atoms with Crippen LogP contribution in [0, 0.1) is 59.8 Å². The molecule has 1 heteroatoms. The van der Waals surface area contributed by atoms with E-state index < -0.39 is 0 Å². The third-order valence-corrected chi connectivity index (χ3v) is 3.38. The van der Waals surface area contributed by atoms with Crippen molar-refractivity contribution in [3.63, 3.8) is 0 Å². The molecule has 0 radical (unpaired) electrons. The summed E-state index contributed by atoms with van der Waals surface area (Å²) in [5, 5.41) is 0. The highest BCUT2D eigenvalue weighted by Gasteiger charge is 2.10. The van der Waals surface area contributed by atoms with Crippen LogP contribution in [0.3, 0.4) is 0 Å². The van der Waals surface area contributed by atoms with E-state index >= 15 is 0 Å². The van der Waals surface area contributed by atoms with Gasteiger partial charge in [0.1, 0.15) is 0 Å². The Morgan fingerprint density at radius 3 is 1.74 bits per heavy atom. The van der Waals surface area contributed by atoms with Crippen molar-refractivity contribution in [1.82, 2.24) is 0 Å². The molecule has 1 nitrogen and oxygen atoms in total. The minimum absolute atomic E-state index is 0. The molecule has 0 N–H and O–H groups in total. The highest BCUT2D eigenvalue weighted by atomic mass is 15.3. The number of quaternary nitrogens is 1. The first kappa shape index (κ1) is 20.8. The summed E-state index contributed by atoms with van der Waals surface area (Å²) in [7, 11) is 4.22. The van der Waals surface area contributed by atoms with E-state index in [-0.39, 0.29) is 15.7 Å². The van der Waals surface area contributed by atoms with Gasteiger partial charge in [0.25, 0.3) is 0 Å². The lowest BCUT2D eigenvalue weighted by Crippen LogP contribution is -2.34. The molecule has 0 bridgehead atoms. The molecule has 0 aromatic heterocycles. The van der Waals surface area contributed by atoms with E-state index in [4.69, 9.17) is 6.42 Å². The Bertz CT molecular complexity index is 631. The monoisotopic (exact) mass is 328 g/mol. The van der Waals surface area contributed by atoms with Crippen molar-refractivity contribution >= 4 is 0 Å². The van der Waals surface area contributed by atoms with Crippen molar-refractivity contribution in [2.24, 2.45) is 0 Å². The molecule has 0 saturated heterocycles. The molecule has 0 fully saturated rings. The summed E-state index contributed by atoms with van der Waals surface area (Å²) in [5.41, 5.74) is 0. The minimum Gasteiger partial charge on any atom is -0.250 e. The van der Waals surface area contributed by atoms with Gasteiger partial charge in [-0.15, -0.1) is 6.42 Å². The minimum atomic E-state index is 0. The van der Waals surface area contributed by atoms with E-state index in [1.54, 1.807) is 0 Å². The summed E-state index contributed by atoms with van der Waals surface area (Å²) < 4.78 is 0.675. The Morgan fingerprint density at radius 1 is 0.696 bits per heavy atom. The zero-order valence-electron chi connectivity index (χ0n) is 14.9. The van der Waals surface area contributed by atoms with Gasteiger partial charge in [-0.3, -0.25) is 4.48 Å². The summed E-state index contributed by atoms with van der Waals surface area (Å²) >= 11 is 0. The van der Waals surface area contributed by atoms with E-state index in [9.17, 15) is 0 Å². The molecule has 0 atom stereocenters. The van der Waals surface area contributed by atoms with Gasteiger partial charge >= 0.3 is 0 Å². The van der Waals surface area contributed by atoms with E-state index in [0.717, 1.165) is 6.54 Å². The first-order valence-electron chi connectivity index (χ1n) is 8.43. The van der Waals surface area contributed by atoms with E-state index in [1.165, 1.54) is 51.4 Å². The number of terminal acetylenes is 1. The summed E-state index contributed by atoms with van der Waals surface area (Å²) in [6, 6.07) is 3.16. The van der Waals surface area contributed by atoms with Crippen molar-refractivity contribution in [2.75, 3.05) is 20.6 Å². The topological polar surface area (TPSA) is 0 Å². The smallest absolute Gasteiger partial charge is 0.151 e. The number of hydrogen-bond acceptors (Lipinski definition) is 0. The number of nitrogens with zero attached hydrogens (tertiary/aromatic N) is 1. The normalized spacial score (nSPS) is 8.78. The van der Waals surface area contributed by atoms with Gasteiger partial charge in [-0.05, 0) is 36.5 Å². The first-order chi connectivity index (χ1) is 11.1. The number of rotatable bonds is 9. The van der Waals surface area contributed by atoms with Gasteiger partial charge in [0.05, 0.1) is 26.6 Å². The van der Waals surface area contributed by atoms with Crippen LogP contribution >= 0.6 is 0 Å². The quantitative estimate of drug-likeness (QED) is 0.257. The van der Waals surface area contributed by atoms with Crippen LogP contribution < -0.4 is 0 Å². The summed E-state index contributed by atoms with van der Waals surface area (Å²) in [6.07, 6.45) is 15.6. The molecule has 0 aromatic rings. The molecule has 0 unspecified atom stereocenters. The van der Waals surface area contributed by atoms with Crippen LogP contribution in [-0.4, -0.2) is 25.1 Å². The van der Waals surface area contributed by atoms with Gasteiger partial charge in [0, 0.05) is 33.5 Å². The Kier molecular flexibility index (Phi) is 13.3. The van der Waals surface area contributed by atoms with Gasteiger partial charge in [-0.2, -0.15) is 0 Å². The molecular weight excluding hydrogens is 278 g/mol. The maximum absolute atomic E-state index is 4.97. The van der Waals surface area contributed by atoms with Crippen molar-refractivity contribution in [1.29, 1.82) is 0 Å². The van der Waals surface area contributed by atoms with Crippen LogP contribution in [0.2, 0.25) is 0 Å². The molecule has 0 aliphatic heterocycles. The van der Waals surface area contributed by atoms with Crippen molar-refractivity contribution in [3.05, 3.63) is 0 Å². The summed E-state index contributed by atoms with van der Waals surface area (Å²) in [5.74, 6) is 20.5. The maximum atomic E-state index is 4.97. The van der Waals surface area contributed by atoms with E-state index in [1.807, 2.05) is 0 Å². The van der Waals surface area contributed by atoms with Crippen LogP contribution in [0.15, 0.2) is 0 Å². The second kappa shape index (κ2) is 14.7. The lowest BCUT2D eigenvalue weighted by molar-refractivity contribution is -0.822. The first-order valence-corrected chi connectivity index (χ1v) is 8.43. The van der Waals surface area contributed by atoms with Gasteiger partial charge in [-0.1, -0.05) is 45.4 Å². The molecule has 0 aliphatic rings. The standard InChI is InChI=1S/C22H28N.11H2/c1-5-7-9-11-13-15-17-19-21-23(3,4)22-20-18-16-14-12-10-8-6-2;;;;;;;;;;;/h1H,6,8,10,12,14,16,18,20,22H2,2-4H3;11*1H/q+1;;;;;;;;;;;. The van der Waals surface area contributed by atoms with Crippen molar-refractivity contribution in [3.8, 4) is 59.8 Å². The fraction of sp³-hybridized carbons (Fsp3) is 0.545. The van der Waals surface area contributed by atoms with Crippen LogP contribution in [0.4, 0.5) is 0 Å². The molecule has 0 aromatic carbocycles. The van der Waals surface area contributed by atoms with Gasteiger partial charge in [0.15, 0.2) is 6.04 Å². The third-order valence-electron chi connectivity index (χ3n) is 3.38. The molecule has 0 aliphatic carbocycles.